The first-order valence-corrected chi connectivity index (χ1v) is 8.81. The first-order chi connectivity index (χ1) is 14.0. The van der Waals surface area contributed by atoms with Gasteiger partial charge in [0.2, 0.25) is 0 Å². The third-order valence-corrected chi connectivity index (χ3v) is 4.00. The second-order valence-corrected chi connectivity index (χ2v) is 5.97. The number of rotatable bonds is 9. The van der Waals surface area contributed by atoms with E-state index in [1.54, 1.807) is 50.6 Å². The first kappa shape index (κ1) is 21.7. The minimum Gasteiger partial charge on any atom is -0.497 e. The smallest absolute Gasteiger partial charge is 0.339 e. The number of para-hydroxylation sites is 1. The monoisotopic (exact) mass is 401 g/mol. The Hall–Kier alpha value is -3.55. The van der Waals surface area contributed by atoms with Gasteiger partial charge in [0.05, 0.1) is 32.6 Å². The Morgan fingerprint density at radius 2 is 1.59 bits per heavy atom. The highest BCUT2D eigenvalue weighted by Crippen LogP contribution is 2.23. The molecule has 1 amide bonds. The van der Waals surface area contributed by atoms with Crippen LogP contribution < -0.4 is 14.8 Å². The van der Waals surface area contributed by atoms with E-state index in [4.69, 9.17) is 14.2 Å². The average molecular weight is 401 g/mol. The summed E-state index contributed by atoms with van der Waals surface area (Å²) < 4.78 is 20.1. The number of ether oxygens (including phenoxy) is 4. The zero-order valence-electron chi connectivity index (χ0n) is 16.5. The van der Waals surface area contributed by atoms with Gasteiger partial charge in [-0.1, -0.05) is 12.1 Å². The number of aryl methyl sites for hydroxylation is 1. The quantitative estimate of drug-likeness (QED) is 0.645. The number of carbonyl (C=O) groups excluding carboxylic acids is 3. The fourth-order valence-electron chi connectivity index (χ4n) is 2.54. The van der Waals surface area contributed by atoms with Gasteiger partial charge in [0.1, 0.15) is 11.5 Å². The van der Waals surface area contributed by atoms with E-state index in [-0.39, 0.29) is 17.7 Å². The second-order valence-electron chi connectivity index (χ2n) is 5.97. The summed E-state index contributed by atoms with van der Waals surface area (Å²) in [4.78, 5) is 35.7. The largest absolute Gasteiger partial charge is 0.497 e. The van der Waals surface area contributed by atoms with E-state index in [9.17, 15) is 14.4 Å². The maximum atomic E-state index is 12.0. The van der Waals surface area contributed by atoms with Crippen LogP contribution in [0.5, 0.6) is 11.5 Å². The molecule has 0 aromatic heterocycles. The van der Waals surface area contributed by atoms with Crippen LogP contribution in [-0.2, 0) is 25.5 Å². The molecule has 29 heavy (non-hydrogen) atoms. The number of methoxy groups -OCH3 is 3. The Balaban J connectivity index is 1.85. The molecule has 0 spiro atoms. The van der Waals surface area contributed by atoms with Gasteiger partial charge in [-0.25, -0.2) is 4.79 Å². The fraction of sp³-hybridized carbons (Fsp3) is 0.286. The van der Waals surface area contributed by atoms with Crippen molar-refractivity contribution in [3.8, 4) is 11.5 Å². The summed E-state index contributed by atoms with van der Waals surface area (Å²) >= 11 is 0. The normalized spacial score (nSPS) is 10.0. The van der Waals surface area contributed by atoms with Gasteiger partial charge in [-0.15, -0.1) is 0 Å². The first-order valence-electron chi connectivity index (χ1n) is 8.81. The molecule has 0 aliphatic heterocycles. The molecule has 1 N–H and O–H groups in total. The minimum absolute atomic E-state index is 0.0857. The number of amides is 1. The lowest BCUT2D eigenvalue weighted by Gasteiger charge is -2.10. The topological polar surface area (TPSA) is 100 Å². The molecule has 8 heteroatoms. The van der Waals surface area contributed by atoms with E-state index in [1.807, 2.05) is 0 Å². The summed E-state index contributed by atoms with van der Waals surface area (Å²) in [6.07, 6.45) is 0.488. The van der Waals surface area contributed by atoms with E-state index in [0.717, 1.165) is 5.56 Å². The van der Waals surface area contributed by atoms with Crippen LogP contribution in [0.4, 0.5) is 5.69 Å². The molecule has 2 aromatic rings. The van der Waals surface area contributed by atoms with Crippen LogP contribution in [0, 0.1) is 0 Å². The van der Waals surface area contributed by atoms with Crippen molar-refractivity contribution < 1.29 is 33.3 Å². The van der Waals surface area contributed by atoms with Crippen LogP contribution >= 0.6 is 0 Å². The Labute approximate surface area is 168 Å². The highest BCUT2D eigenvalue weighted by atomic mass is 16.5. The molecule has 0 unspecified atom stereocenters. The van der Waals surface area contributed by atoms with Crippen LogP contribution in [0.15, 0.2) is 42.5 Å². The molecule has 2 aromatic carbocycles. The van der Waals surface area contributed by atoms with Crippen molar-refractivity contribution in [3.05, 3.63) is 53.6 Å². The summed E-state index contributed by atoms with van der Waals surface area (Å²) in [6, 6.07) is 11.7. The van der Waals surface area contributed by atoms with Crippen molar-refractivity contribution >= 4 is 23.5 Å². The highest BCUT2D eigenvalue weighted by Gasteiger charge is 2.14. The molecule has 0 heterocycles. The summed E-state index contributed by atoms with van der Waals surface area (Å²) in [5, 5.41) is 2.53. The molecule has 0 bridgehead atoms. The Morgan fingerprint density at radius 3 is 2.21 bits per heavy atom. The summed E-state index contributed by atoms with van der Waals surface area (Å²) in [5.74, 6) is -0.416. The molecule has 0 saturated carbocycles. The Bertz CT molecular complexity index is 857. The zero-order valence-corrected chi connectivity index (χ0v) is 16.5. The molecule has 0 aliphatic rings. The van der Waals surface area contributed by atoms with Crippen molar-refractivity contribution in [2.24, 2.45) is 0 Å². The maximum absolute atomic E-state index is 12.0. The Kier molecular flexibility index (Phi) is 8.02. The van der Waals surface area contributed by atoms with Crippen molar-refractivity contribution in [3.63, 3.8) is 0 Å². The second kappa shape index (κ2) is 10.7. The van der Waals surface area contributed by atoms with Crippen LogP contribution in [0.3, 0.4) is 0 Å². The van der Waals surface area contributed by atoms with Gasteiger partial charge >= 0.3 is 11.9 Å². The van der Waals surface area contributed by atoms with Crippen molar-refractivity contribution in [2.45, 2.75) is 12.8 Å². The SMILES string of the molecule is COC(=O)c1ccccc1NC(=O)COC(=O)CCc1cc(OC)cc(OC)c1. The lowest BCUT2D eigenvalue weighted by atomic mass is 10.1. The van der Waals surface area contributed by atoms with Gasteiger partial charge in [0.15, 0.2) is 6.61 Å². The van der Waals surface area contributed by atoms with E-state index >= 15 is 0 Å². The molecule has 0 radical (unpaired) electrons. The highest BCUT2D eigenvalue weighted by molar-refractivity contribution is 6.01. The summed E-state index contributed by atoms with van der Waals surface area (Å²) in [7, 11) is 4.34. The average Bonchev–Trinajstić information content (AvgIpc) is 2.75. The number of esters is 2. The minimum atomic E-state index is -0.577. The summed E-state index contributed by atoms with van der Waals surface area (Å²) in [6.45, 7) is -0.463. The predicted octanol–water partition coefficient (Wildman–Crippen LogP) is 2.60. The number of benzene rings is 2. The van der Waals surface area contributed by atoms with Gasteiger partial charge in [-0.05, 0) is 36.2 Å². The number of carbonyl (C=O) groups is 3. The van der Waals surface area contributed by atoms with E-state index in [1.165, 1.54) is 13.2 Å². The van der Waals surface area contributed by atoms with Crippen molar-refractivity contribution in [2.75, 3.05) is 33.3 Å². The van der Waals surface area contributed by atoms with Gasteiger partial charge < -0.3 is 24.3 Å². The molecule has 8 nitrogen and oxygen atoms in total. The molecule has 0 saturated heterocycles. The van der Waals surface area contributed by atoms with Crippen LogP contribution in [0.1, 0.15) is 22.3 Å². The maximum Gasteiger partial charge on any atom is 0.339 e. The van der Waals surface area contributed by atoms with Gasteiger partial charge in [-0.2, -0.15) is 0 Å². The predicted molar refractivity (Wildman–Crippen MR) is 105 cm³/mol. The molecular formula is C21H23NO7. The van der Waals surface area contributed by atoms with Crippen LogP contribution in [0.25, 0.3) is 0 Å². The number of nitrogens with one attached hydrogen (secondary N) is 1. The third kappa shape index (κ3) is 6.53. The van der Waals surface area contributed by atoms with E-state index < -0.39 is 24.5 Å². The zero-order chi connectivity index (χ0) is 21.2. The molecule has 154 valence electrons. The van der Waals surface area contributed by atoms with E-state index in [0.29, 0.717) is 17.9 Å². The molecule has 0 atom stereocenters. The van der Waals surface area contributed by atoms with E-state index in [2.05, 4.69) is 10.1 Å². The lowest BCUT2D eigenvalue weighted by molar-refractivity contribution is -0.147. The number of anilines is 1. The van der Waals surface area contributed by atoms with Gasteiger partial charge in [0.25, 0.3) is 5.91 Å². The number of hydrogen-bond acceptors (Lipinski definition) is 7. The van der Waals surface area contributed by atoms with Gasteiger partial charge in [-0.3, -0.25) is 9.59 Å². The fourth-order valence-corrected chi connectivity index (χ4v) is 2.54. The standard InChI is InChI=1S/C21H23NO7/c1-26-15-10-14(11-16(12-15)27-2)8-9-20(24)29-13-19(23)22-18-7-5-4-6-17(18)21(25)28-3/h4-7,10-12H,8-9,13H2,1-3H3,(H,22,23). The Morgan fingerprint density at radius 1 is 0.931 bits per heavy atom. The van der Waals surface area contributed by atoms with Crippen LogP contribution in [-0.4, -0.2) is 45.8 Å². The third-order valence-electron chi connectivity index (χ3n) is 4.00. The van der Waals surface area contributed by atoms with Gasteiger partial charge in [0, 0.05) is 12.5 Å². The number of hydrogen-bond donors (Lipinski definition) is 1. The lowest BCUT2D eigenvalue weighted by Crippen LogP contribution is -2.22. The molecular weight excluding hydrogens is 378 g/mol. The summed E-state index contributed by atoms with van der Waals surface area (Å²) in [5.41, 5.74) is 1.33. The van der Waals surface area contributed by atoms with Crippen molar-refractivity contribution in [1.82, 2.24) is 0 Å². The van der Waals surface area contributed by atoms with Crippen molar-refractivity contribution in [1.29, 1.82) is 0 Å². The molecule has 0 fully saturated rings. The molecule has 2 rings (SSSR count). The van der Waals surface area contributed by atoms with Crippen LogP contribution in [0.2, 0.25) is 0 Å². The molecule has 0 aliphatic carbocycles.